The second-order valence-corrected chi connectivity index (χ2v) is 6.29. The highest BCUT2D eigenvalue weighted by molar-refractivity contribution is 5.85. The molecular weight excluding hydrogens is 326 g/mol. The first-order valence-corrected chi connectivity index (χ1v) is 8.53. The SMILES string of the molecule is COc1ccc(CN(C)C(=O)Cc2ccc3ccccc3c2)c(OC)c1. The molecule has 0 aliphatic rings. The standard InChI is InChI=1S/C22H23NO3/c1-23(15-19-10-11-20(25-2)14-21(19)26-3)22(24)13-16-8-9-17-6-4-5-7-18(17)12-16/h4-12,14H,13,15H2,1-3H3. The Labute approximate surface area is 154 Å². The lowest BCUT2D eigenvalue weighted by Gasteiger charge is -2.19. The molecule has 4 heteroatoms. The summed E-state index contributed by atoms with van der Waals surface area (Å²) in [4.78, 5) is 14.4. The first kappa shape index (κ1) is 17.8. The Morgan fingerprint density at radius 3 is 2.42 bits per heavy atom. The van der Waals surface area contributed by atoms with E-state index in [-0.39, 0.29) is 5.91 Å². The van der Waals surface area contributed by atoms with Gasteiger partial charge in [-0.15, -0.1) is 0 Å². The summed E-state index contributed by atoms with van der Waals surface area (Å²) in [5, 5.41) is 2.33. The summed E-state index contributed by atoms with van der Waals surface area (Å²) in [6, 6.07) is 20.0. The van der Waals surface area contributed by atoms with Crippen LogP contribution in [0.1, 0.15) is 11.1 Å². The molecule has 3 aromatic carbocycles. The van der Waals surface area contributed by atoms with Crippen molar-refractivity contribution in [1.82, 2.24) is 4.90 Å². The summed E-state index contributed by atoms with van der Waals surface area (Å²) in [5.74, 6) is 1.52. The van der Waals surface area contributed by atoms with Crippen molar-refractivity contribution >= 4 is 16.7 Å². The number of carbonyl (C=O) groups excluding carboxylic acids is 1. The van der Waals surface area contributed by atoms with Gasteiger partial charge in [0, 0.05) is 25.2 Å². The van der Waals surface area contributed by atoms with E-state index in [1.54, 1.807) is 19.1 Å². The first-order valence-electron chi connectivity index (χ1n) is 8.53. The molecular formula is C22H23NO3. The van der Waals surface area contributed by atoms with Gasteiger partial charge in [0.1, 0.15) is 11.5 Å². The average Bonchev–Trinajstić information content (AvgIpc) is 2.68. The molecule has 0 bridgehead atoms. The van der Waals surface area contributed by atoms with Gasteiger partial charge < -0.3 is 14.4 Å². The van der Waals surface area contributed by atoms with E-state index in [1.165, 1.54) is 5.39 Å². The van der Waals surface area contributed by atoms with Crippen LogP contribution in [-0.4, -0.2) is 32.1 Å². The van der Waals surface area contributed by atoms with Gasteiger partial charge in [-0.25, -0.2) is 0 Å². The minimum absolute atomic E-state index is 0.0677. The third-order valence-electron chi connectivity index (χ3n) is 4.50. The number of nitrogens with zero attached hydrogens (tertiary/aromatic N) is 1. The fraction of sp³-hybridized carbons (Fsp3) is 0.227. The van der Waals surface area contributed by atoms with Crippen LogP contribution in [0.3, 0.4) is 0 Å². The predicted molar refractivity (Wildman–Crippen MR) is 104 cm³/mol. The van der Waals surface area contributed by atoms with Gasteiger partial charge in [-0.1, -0.05) is 42.5 Å². The van der Waals surface area contributed by atoms with Gasteiger partial charge in [0.15, 0.2) is 0 Å². The number of carbonyl (C=O) groups is 1. The molecule has 0 saturated heterocycles. The third kappa shape index (κ3) is 3.97. The fourth-order valence-corrected chi connectivity index (χ4v) is 2.98. The third-order valence-corrected chi connectivity index (χ3v) is 4.50. The van der Waals surface area contributed by atoms with E-state index in [1.807, 2.05) is 43.4 Å². The van der Waals surface area contributed by atoms with Crippen LogP contribution < -0.4 is 9.47 Å². The van der Waals surface area contributed by atoms with Gasteiger partial charge in [0.25, 0.3) is 0 Å². The molecule has 0 saturated carbocycles. The summed E-state index contributed by atoms with van der Waals surface area (Å²) in [7, 11) is 5.05. The van der Waals surface area contributed by atoms with Gasteiger partial charge in [-0.2, -0.15) is 0 Å². The summed E-state index contributed by atoms with van der Waals surface area (Å²) in [5.41, 5.74) is 1.96. The molecule has 4 nitrogen and oxygen atoms in total. The lowest BCUT2D eigenvalue weighted by atomic mass is 10.0. The van der Waals surface area contributed by atoms with Crippen molar-refractivity contribution in [1.29, 1.82) is 0 Å². The molecule has 0 aliphatic heterocycles. The highest BCUT2D eigenvalue weighted by atomic mass is 16.5. The molecule has 0 atom stereocenters. The Kier molecular flexibility index (Phi) is 5.42. The predicted octanol–water partition coefficient (Wildman–Crippen LogP) is 4.06. The lowest BCUT2D eigenvalue weighted by Crippen LogP contribution is -2.27. The van der Waals surface area contributed by atoms with E-state index in [4.69, 9.17) is 9.47 Å². The van der Waals surface area contributed by atoms with E-state index >= 15 is 0 Å². The molecule has 134 valence electrons. The maximum absolute atomic E-state index is 12.6. The number of amides is 1. The largest absolute Gasteiger partial charge is 0.497 e. The molecule has 0 aliphatic carbocycles. The number of fused-ring (bicyclic) bond motifs is 1. The van der Waals surface area contributed by atoms with Gasteiger partial charge in [0.2, 0.25) is 5.91 Å². The highest BCUT2D eigenvalue weighted by Gasteiger charge is 2.13. The normalized spacial score (nSPS) is 10.6. The van der Waals surface area contributed by atoms with Crippen molar-refractivity contribution in [2.75, 3.05) is 21.3 Å². The Morgan fingerprint density at radius 2 is 1.69 bits per heavy atom. The zero-order chi connectivity index (χ0) is 18.5. The molecule has 1 amide bonds. The van der Waals surface area contributed by atoms with Crippen molar-refractivity contribution in [2.24, 2.45) is 0 Å². The number of rotatable bonds is 6. The molecule has 26 heavy (non-hydrogen) atoms. The molecule has 0 N–H and O–H groups in total. The average molecular weight is 349 g/mol. The van der Waals surface area contributed by atoms with E-state index < -0.39 is 0 Å². The van der Waals surface area contributed by atoms with Crippen molar-refractivity contribution in [2.45, 2.75) is 13.0 Å². The van der Waals surface area contributed by atoms with E-state index in [0.29, 0.717) is 13.0 Å². The van der Waals surface area contributed by atoms with Gasteiger partial charge in [-0.05, 0) is 28.5 Å². The molecule has 0 fully saturated rings. The van der Waals surface area contributed by atoms with Gasteiger partial charge >= 0.3 is 0 Å². The Balaban J connectivity index is 1.71. The molecule has 0 radical (unpaired) electrons. The summed E-state index contributed by atoms with van der Waals surface area (Å²) in [6.07, 6.45) is 0.375. The van der Waals surface area contributed by atoms with E-state index in [9.17, 15) is 4.79 Å². The minimum Gasteiger partial charge on any atom is -0.497 e. The Hall–Kier alpha value is -3.01. The molecule has 3 rings (SSSR count). The topological polar surface area (TPSA) is 38.8 Å². The summed E-state index contributed by atoms with van der Waals surface area (Å²) >= 11 is 0. The van der Waals surface area contributed by atoms with Crippen molar-refractivity contribution < 1.29 is 14.3 Å². The van der Waals surface area contributed by atoms with Crippen LogP contribution in [0.25, 0.3) is 10.8 Å². The second kappa shape index (κ2) is 7.91. The van der Waals surface area contributed by atoms with Crippen LogP contribution >= 0.6 is 0 Å². The highest BCUT2D eigenvalue weighted by Crippen LogP contribution is 2.25. The number of hydrogen-bond donors (Lipinski definition) is 0. The number of likely N-dealkylation sites (N-methyl/N-ethyl adjacent to an activating group) is 1. The number of benzene rings is 3. The van der Waals surface area contributed by atoms with Crippen LogP contribution in [0.2, 0.25) is 0 Å². The molecule has 3 aromatic rings. The monoisotopic (exact) mass is 349 g/mol. The van der Waals surface area contributed by atoms with Crippen molar-refractivity contribution in [3.63, 3.8) is 0 Å². The first-order chi connectivity index (χ1) is 12.6. The van der Waals surface area contributed by atoms with Gasteiger partial charge in [0.05, 0.1) is 20.6 Å². The summed E-state index contributed by atoms with van der Waals surface area (Å²) in [6.45, 7) is 0.486. The van der Waals surface area contributed by atoms with Crippen molar-refractivity contribution in [3.8, 4) is 11.5 Å². The number of hydrogen-bond acceptors (Lipinski definition) is 3. The van der Waals surface area contributed by atoms with Crippen LogP contribution in [0.5, 0.6) is 11.5 Å². The van der Waals surface area contributed by atoms with Crippen LogP contribution in [-0.2, 0) is 17.8 Å². The fourth-order valence-electron chi connectivity index (χ4n) is 2.98. The second-order valence-electron chi connectivity index (χ2n) is 6.29. The van der Waals surface area contributed by atoms with Crippen LogP contribution in [0.15, 0.2) is 60.7 Å². The quantitative estimate of drug-likeness (QED) is 0.674. The van der Waals surface area contributed by atoms with E-state index in [0.717, 1.165) is 28.0 Å². The van der Waals surface area contributed by atoms with Crippen LogP contribution in [0.4, 0.5) is 0 Å². The summed E-state index contributed by atoms with van der Waals surface area (Å²) < 4.78 is 10.6. The van der Waals surface area contributed by atoms with Crippen LogP contribution in [0, 0.1) is 0 Å². The Bertz CT molecular complexity index is 920. The molecule has 0 aromatic heterocycles. The minimum atomic E-state index is 0.0677. The molecule has 0 unspecified atom stereocenters. The Morgan fingerprint density at radius 1 is 0.923 bits per heavy atom. The zero-order valence-corrected chi connectivity index (χ0v) is 15.4. The molecule has 0 spiro atoms. The maximum Gasteiger partial charge on any atom is 0.227 e. The zero-order valence-electron chi connectivity index (χ0n) is 15.4. The lowest BCUT2D eigenvalue weighted by molar-refractivity contribution is -0.129. The smallest absolute Gasteiger partial charge is 0.227 e. The number of ether oxygens (including phenoxy) is 2. The molecule has 0 heterocycles. The van der Waals surface area contributed by atoms with E-state index in [2.05, 4.69) is 24.3 Å². The van der Waals surface area contributed by atoms with Gasteiger partial charge in [-0.3, -0.25) is 4.79 Å². The van der Waals surface area contributed by atoms with Crippen molar-refractivity contribution in [3.05, 3.63) is 71.8 Å². The number of methoxy groups -OCH3 is 2. The maximum atomic E-state index is 12.6.